The lowest BCUT2D eigenvalue weighted by atomic mass is 10.1. The molecule has 0 amide bonds. The molecule has 3 aromatic heterocycles. The van der Waals surface area contributed by atoms with E-state index in [1.807, 2.05) is 17.8 Å². The standard InChI is InChI=1S/C13H14N2OS2/c1-15-9(4-6-14-15)2-3-10(16)12-8-13-11(18-12)5-7-17-13/h4-8,10,16H,2-3H2,1H3. The fourth-order valence-corrected chi connectivity index (χ4v) is 4.16. The molecule has 0 saturated heterocycles. The molecule has 0 aliphatic heterocycles. The summed E-state index contributed by atoms with van der Waals surface area (Å²) in [7, 11) is 1.93. The van der Waals surface area contributed by atoms with Crippen molar-refractivity contribution in [2.24, 2.45) is 7.05 Å². The molecule has 0 aliphatic rings. The van der Waals surface area contributed by atoms with Crippen molar-refractivity contribution in [3.8, 4) is 0 Å². The molecule has 3 nitrogen and oxygen atoms in total. The van der Waals surface area contributed by atoms with Gasteiger partial charge in [0.1, 0.15) is 0 Å². The van der Waals surface area contributed by atoms with Crippen LogP contribution in [-0.2, 0) is 13.5 Å². The van der Waals surface area contributed by atoms with Gasteiger partial charge in [-0.2, -0.15) is 5.10 Å². The highest BCUT2D eigenvalue weighted by Gasteiger charge is 2.13. The molecular formula is C13H14N2OS2. The SMILES string of the molecule is Cn1nccc1CCC(O)c1cc2sccc2s1. The minimum absolute atomic E-state index is 0.371. The molecular weight excluding hydrogens is 264 g/mol. The molecule has 3 aromatic rings. The van der Waals surface area contributed by atoms with Crippen LogP contribution in [0.2, 0.25) is 0 Å². The highest BCUT2D eigenvalue weighted by Crippen LogP contribution is 2.34. The van der Waals surface area contributed by atoms with Gasteiger partial charge in [-0.05, 0) is 36.4 Å². The van der Waals surface area contributed by atoms with Crippen LogP contribution in [0.3, 0.4) is 0 Å². The molecule has 0 radical (unpaired) electrons. The van der Waals surface area contributed by atoms with Crippen molar-refractivity contribution in [2.45, 2.75) is 18.9 Å². The van der Waals surface area contributed by atoms with E-state index in [9.17, 15) is 5.11 Å². The van der Waals surface area contributed by atoms with Crippen LogP contribution in [0.1, 0.15) is 23.1 Å². The summed E-state index contributed by atoms with van der Waals surface area (Å²) in [5.41, 5.74) is 1.16. The maximum atomic E-state index is 10.2. The molecule has 0 aromatic carbocycles. The first-order chi connectivity index (χ1) is 8.74. The normalized spacial score (nSPS) is 13.2. The van der Waals surface area contributed by atoms with Crippen LogP contribution in [0.5, 0.6) is 0 Å². The van der Waals surface area contributed by atoms with E-state index in [4.69, 9.17) is 0 Å². The van der Waals surface area contributed by atoms with Crippen molar-refractivity contribution >= 4 is 32.1 Å². The third-order valence-electron chi connectivity index (χ3n) is 3.08. The van der Waals surface area contributed by atoms with Gasteiger partial charge >= 0.3 is 0 Å². The average Bonchev–Trinajstić information content (AvgIpc) is 3.00. The second-order valence-corrected chi connectivity index (χ2v) is 6.36. The number of fused-ring (bicyclic) bond motifs is 1. The lowest BCUT2D eigenvalue weighted by molar-refractivity contribution is 0.171. The van der Waals surface area contributed by atoms with E-state index >= 15 is 0 Å². The molecule has 18 heavy (non-hydrogen) atoms. The fraction of sp³-hybridized carbons (Fsp3) is 0.308. The minimum atomic E-state index is -0.371. The van der Waals surface area contributed by atoms with Crippen molar-refractivity contribution in [2.75, 3.05) is 0 Å². The molecule has 5 heteroatoms. The smallest absolute Gasteiger partial charge is 0.0886 e. The lowest BCUT2D eigenvalue weighted by Gasteiger charge is -2.08. The Labute approximate surface area is 113 Å². The van der Waals surface area contributed by atoms with Gasteiger partial charge < -0.3 is 5.11 Å². The van der Waals surface area contributed by atoms with Gasteiger partial charge in [0.05, 0.1) is 6.10 Å². The molecule has 0 aliphatic carbocycles. The number of hydrogen-bond donors (Lipinski definition) is 1. The predicted molar refractivity (Wildman–Crippen MR) is 76.2 cm³/mol. The lowest BCUT2D eigenvalue weighted by Crippen LogP contribution is -2.02. The zero-order valence-electron chi connectivity index (χ0n) is 10.0. The van der Waals surface area contributed by atoms with Crippen LogP contribution >= 0.6 is 22.7 Å². The quantitative estimate of drug-likeness (QED) is 0.794. The van der Waals surface area contributed by atoms with Gasteiger partial charge in [0.2, 0.25) is 0 Å². The maximum Gasteiger partial charge on any atom is 0.0886 e. The van der Waals surface area contributed by atoms with Crippen LogP contribution in [0, 0.1) is 0 Å². The highest BCUT2D eigenvalue weighted by atomic mass is 32.1. The molecule has 0 bridgehead atoms. The van der Waals surface area contributed by atoms with Crippen molar-refractivity contribution in [3.63, 3.8) is 0 Å². The van der Waals surface area contributed by atoms with Gasteiger partial charge in [0, 0.05) is 33.2 Å². The molecule has 1 atom stereocenters. The summed E-state index contributed by atoms with van der Waals surface area (Å²) in [5.74, 6) is 0. The number of aryl methyl sites for hydroxylation is 2. The molecule has 3 rings (SSSR count). The summed E-state index contributed by atoms with van der Waals surface area (Å²) in [5, 5.41) is 16.4. The summed E-state index contributed by atoms with van der Waals surface area (Å²) in [6.45, 7) is 0. The van der Waals surface area contributed by atoms with E-state index in [0.29, 0.717) is 0 Å². The van der Waals surface area contributed by atoms with Gasteiger partial charge in [0.25, 0.3) is 0 Å². The summed E-state index contributed by atoms with van der Waals surface area (Å²) in [4.78, 5) is 1.07. The first kappa shape index (κ1) is 11.9. The Balaban J connectivity index is 1.69. The molecule has 0 saturated carbocycles. The van der Waals surface area contributed by atoms with E-state index in [0.717, 1.165) is 23.4 Å². The highest BCUT2D eigenvalue weighted by molar-refractivity contribution is 7.26. The van der Waals surface area contributed by atoms with Crippen LogP contribution in [0.4, 0.5) is 0 Å². The van der Waals surface area contributed by atoms with Gasteiger partial charge in [-0.3, -0.25) is 4.68 Å². The zero-order valence-corrected chi connectivity index (χ0v) is 11.7. The van der Waals surface area contributed by atoms with Gasteiger partial charge in [-0.1, -0.05) is 0 Å². The zero-order chi connectivity index (χ0) is 12.5. The summed E-state index contributed by atoms with van der Waals surface area (Å²) in [6, 6.07) is 6.22. The van der Waals surface area contributed by atoms with Gasteiger partial charge in [-0.25, -0.2) is 0 Å². The van der Waals surface area contributed by atoms with Crippen LogP contribution in [0.15, 0.2) is 29.8 Å². The number of aliphatic hydroxyl groups excluding tert-OH is 1. The topological polar surface area (TPSA) is 38.0 Å². The number of nitrogens with zero attached hydrogens (tertiary/aromatic N) is 2. The van der Waals surface area contributed by atoms with E-state index < -0.39 is 0 Å². The number of aromatic nitrogens is 2. The van der Waals surface area contributed by atoms with Crippen LogP contribution < -0.4 is 0 Å². The molecule has 1 N–H and O–H groups in total. The van der Waals surface area contributed by atoms with E-state index in [-0.39, 0.29) is 6.10 Å². The number of hydrogen-bond acceptors (Lipinski definition) is 4. The van der Waals surface area contributed by atoms with Crippen molar-refractivity contribution < 1.29 is 5.11 Å². The van der Waals surface area contributed by atoms with E-state index in [1.165, 1.54) is 9.40 Å². The Hall–Kier alpha value is -1.17. The Morgan fingerprint density at radius 1 is 1.39 bits per heavy atom. The summed E-state index contributed by atoms with van der Waals surface area (Å²) >= 11 is 3.42. The maximum absolute atomic E-state index is 10.2. The first-order valence-electron chi connectivity index (χ1n) is 5.86. The van der Waals surface area contributed by atoms with Crippen molar-refractivity contribution in [3.05, 3.63) is 40.3 Å². The molecule has 1 unspecified atom stereocenters. The number of aliphatic hydroxyl groups is 1. The monoisotopic (exact) mass is 278 g/mol. The molecule has 94 valence electrons. The Morgan fingerprint density at radius 2 is 2.28 bits per heavy atom. The molecule has 0 fully saturated rings. The van der Waals surface area contributed by atoms with Crippen molar-refractivity contribution in [1.82, 2.24) is 9.78 Å². The Morgan fingerprint density at radius 3 is 3.00 bits per heavy atom. The van der Waals surface area contributed by atoms with Gasteiger partial charge in [0.15, 0.2) is 0 Å². The second kappa shape index (κ2) is 4.84. The van der Waals surface area contributed by atoms with Crippen molar-refractivity contribution in [1.29, 1.82) is 0 Å². The second-order valence-electron chi connectivity index (χ2n) is 4.30. The largest absolute Gasteiger partial charge is 0.388 e. The summed E-state index contributed by atoms with van der Waals surface area (Å²) < 4.78 is 4.41. The summed E-state index contributed by atoms with van der Waals surface area (Å²) in [6.07, 6.45) is 3.02. The fourth-order valence-electron chi connectivity index (χ4n) is 2.02. The minimum Gasteiger partial charge on any atom is -0.388 e. The Bertz CT molecular complexity index is 624. The van der Waals surface area contributed by atoms with Gasteiger partial charge in [-0.15, -0.1) is 22.7 Å². The average molecular weight is 278 g/mol. The van der Waals surface area contributed by atoms with E-state index in [2.05, 4.69) is 22.6 Å². The first-order valence-corrected chi connectivity index (χ1v) is 7.55. The van der Waals surface area contributed by atoms with E-state index in [1.54, 1.807) is 28.9 Å². The third-order valence-corrected chi connectivity index (χ3v) is 5.28. The predicted octanol–water partition coefficient (Wildman–Crippen LogP) is 3.36. The molecule has 0 spiro atoms. The number of rotatable bonds is 4. The molecule has 3 heterocycles. The van der Waals surface area contributed by atoms with Crippen LogP contribution in [-0.4, -0.2) is 14.9 Å². The Kier molecular flexibility index (Phi) is 3.20. The number of thiophene rings is 2. The third kappa shape index (κ3) is 2.21. The van der Waals surface area contributed by atoms with Crippen LogP contribution in [0.25, 0.3) is 9.40 Å².